The van der Waals surface area contributed by atoms with Crippen molar-refractivity contribution in [2.45, 2.75) is 16.7 Å². The van der Waals surface area contributed by atoms with Crippen LogP contribution in [0.5, 0.6) is 5.75 Å². The highest BCUT2D eigenvalue weighted by molar-refractivity contribution is 7.98. The molecule has 3 rings (SSSR count). The molecule has 0 aromatic heterocycles. The number of anilines is 1. The third-order valence-corrected chi connectivity index (χ3v) is 6.68. The highest BCUT2D eigenvalue weighted by Crippen LogP contribution is 2.21. The summed E-state index contributed by atoms with van der Waals surface area (Å²) < 4.78 is 32.9. The molecule has 0 saturated carbocycles. The minimum Gasteiger partial charge on any atom is -0.494 e. The number of thioether (sulfide) groups is 1. The Morgan fingerprint density at radius 1 is 0.879 bits per heavy atom. The van der Waals surface area contributed by atoms with E-state index >= 15 is 0 Å². The molecule has 0 bridgehead atoms. The fourth-order valence-electron chi connectivity index (χ4n) is 2.87. The molecule has 8 nitrogen and oxygen atoms in total. The van der Waals surface area contributed by atoms with Crippen LogP contribution in [-0.2, 0) is 10.0 Å². The predicted octanol–water partition coefficient (Wildman–Crippen LogP) is 3.68. The van der Waals surface area contributed by atoms with Crippen LogP contribution in [0, 0.1) is 0 Å². The van der Waals surface area contributed by atoms with Crippen molar-refractivity contribution in [2.75, 3.05) is 17.6 Å². The average Bonchev–Trinajstić information content (AvgIpc) is 2.83. The minimum atomic E-state index is -3.80. The molecule has 10 heteroatoms. The summed E-state index contributed by atoms with van der Waals surface area (Å²) in [5, 5.41) is 0. The molecule has 0 aliphatic rings. The number of hydrogen-bond acceptors (Lipinski definition) is 6. The molecule has 0 saturated heterocycles. The zero-order chi connectivity index (χ0) is 23.8. The van der Waals surface area contributed by atoms with E-state index in [9.17, 15) is 18.0 Å². The molecule has 0 fully saturated rings. The number of hydrazine groups is 1. The molecular formula is C23H23N3O5S2. The Labute approximate surface area is 196 Å². The highest BCUT2D eigenvalue weighted by Gasteiger charge is 2.15. The number of rotatable bonds is 8. The normalized spacial score (nSPS) is 10.8. The first kappa shape index (κ1) is 24.1. The van der Waals surface area contributed by atoms with Gasteiger partial charge in [-0.1, -0.05) is 12.1 Å². The van der Waals surface area contributed by atoms with E-state index in [1.807, 2.05) is 25.3 Å². The molecule has 0 heterocycles. The number of nitrogens with one attached hydrogen (secondary N) is 3. The van der Waals surface area contributed by atoms with Crippen LogP contribution in [0.15, 0.2) is 82.6 Å². The van der Waals surface area contributed by atoms with Gasteiger partial charge in [-0.05, 0) is 73.8 Å². The van der Waals surface area contributed by atoms with Crippen molar-refractivity contribution in [3.05, 3.63) is 83.9 Å². The summed E-state index contributed by atoms with van der Waals surface area (Å²) in [6.45, 7) is 2.33. The van der Waals surface area contributed by atoms with E-state index in [-0.39, 0.29) is 10.5 Å². The molecule has 0 spiro atoms. The van der Waals surface area contributed by atoms with Crippen LogP contribution in [-0.4, -0.2) is 33.1 Å². The third-order valence-electron chi connectivity index (χ3n) is 4.49. The summed E-state index contributed by atoms with van der Waals surface area (Å²) in [5.41, 5.74) is 5.73. The second-order valence-electron chi connectivity index (χ2n) is 6.70. The maximum Gasteiger partial charge on any atom is 0.270 e. The summed E-state index contributed by atoms with van der Waals surface area (Å²) in [4.78, 5) is 25.6. The van der Waals surface area contributed by atoms with Crippen molar-refractivity contribution in [3.8, 4) is 5.75 Å². The van der Waals surface area contributed by atoms with Crippen LogP contribution in [0.2, 0.25) is 0 Å². The maximum absolute atomic E-state index is 12.6. The van der Waals surface area contributed by atoms with Gasteiger partial charge in [0.25, 0.3) is 21.8 Å². The lowest BCUT2D eigenvalue weighted by Gasteiger charge is -2.11. The number of sulfonamides is 1. The smallest absolute Gasteiger partial charge is 0.270 e. The van der Waals surface area contributed by atoms with Crippen molar-refractivity contribution >= 4 is 39.3 Å². The van der Waals surface area contributed by atoms with Gasteiger partial charge in [0.1, 0.15) is 5.75 Å². The van der Waals surface area contributed by atoms with Gasteiger partial charge < -0.3 is 4.74 Å². The van der Waals surface area contributed by atoms with Crippen LogP contribution in [0.3, 0.4) is 0 Å². The Balaban J connectivity index is 1.61. The van der Waals surface area contributed by atoms with Gasteiger partial charge in [-0.25, -0.2) is 8.42 Å². The molecule has 2 amide bonds. The van der Waals surface area contributed by atoms with E-state index < -0.39 is 21.8 Å². The van der Waals surface area contributed by atoms with Gasteiger partial charge >= 0.3 is 0 Å². The molecular weight excluding hydrogens is 462 g/mol. The fourth-order valence-corrected chi connectivity index (χ4v) is 4.52. The molecule has 0 unspecified atom stereocenters. The monoisotopic (exact) mass is 485 g/mol. The van der Waals surface area contributed by atoms with E-state index in [2.05, 4.69) is 15.6 Å². The van der Waals surface area contributed by atoms with Crippen molar-refractivity contribution in [3.63, 3.8) is 0 Å². The second-order valence-corrected chi connectivity index (χ2v) is 9.23. The van der Waals surface area contributed by atoms with Crippen LogP contribution in [0.1, 0.15) is 27.6 Å². The predicted molar refractivity (Wildman–Crippen MR) is 128 cm³/mol. The molecule has 3 N–H and O–H groups in total. The molecule has 3 aromatic rings. The number of hydrogen-bond donors (Lipinski definition) is 3. The van der Waals surface area contributed by atoms with Crippen LogP contribution in [0.25, 0.3) is 0 Å². The lowest BCUT2D eigenvalue weighted by atomic mass is 10.2. The first-order valence-electron chi connectivity index (χ1n) is 9.93. The molecule has 33 heavy (non-hydrogen) atoms. The number of carbonyl (C=O) groups is 2. The molecule has 0 atom stereocenters. The van der Waals surface area contributed by atoms with Gasteiger partial charge in [0, 0.05) is 16.1 Å². The average molecular weight is 486 g/mol. The molecule has 0 aliphatic heterocycles. The van der Waals surface area contributed by atoms with Gasteiger partial charge in [0.2, 0.25) is 0 Å². The quantitative estimate of drug-likeness (QED) is 0.331. The second kappa shape index (κ2) is 10.9. The van der Waals surface area contributed by atoms with Gasteiger partial charge in [-0.2, -0.15) is 0 Å². The minimum absolute atomic E-state index is 0.0843. The molecule has 0 radical (unpaired) electrons. The lowest BCUT2D eigenvalue weighted by molar-refractivity contribution is 0.0845. The van der Waals surface area contributed by atoms with E-state index in [0.717, 1.165) is 4.90 Å². The number of benzene rings is 3. The summed E-state index contributed by atoms with van der Waals surface area (Å²) >= 11 is 1.43. The summed E-state index contributed by atoms with van der Waals surface area (Å²) in [6, 6.07) is 18.9. The first-order chi connectivity index (χ1) is 15.8. The Morgan fingerprint density at radius 2 is 1.52 bits per heavy atom. The first-order valence-corrected chi connectivity index (χ1v) is 12.6. The van der Waals surface area contributed by atoms with Crippen molar-refractivity contribution in [1.29, 1.82) is 0 Å². The fraction of sp³-hybridized carbons (Fsp3) is 0.130. The maximum atomic E-state index is 12.6. The third kappa shape index (κ3) is 6.27. The zero-order valence-corrected chi connectivity index (χ0v) is 19.6. The van der Waals surface area contributed by atoms with E-state index in [1.54, 1.807) is 24.3 Å². The van der Waals surface area contributed by atoms with Gasteiger partial charge in [-0.3, -0.25) is 25.2 Å². The van der Waals surface area contributed by atoms with Gasteiger partial charge in [0.05, 0.1) is 17.1 Å². The van der Waals surface area contributed by atoms with Crippen molar-refractivity contribution in [2.24, 2.45) is 0 Å². The number of amides is 2. The Bertz CT molecular complexity index is 1230. The Kier molecular flexibility index (Phi) is 7.96. The SMILES string of the molecule is CCOc1ccc(S(=O)(=O)Nc2ccc(C(=O)NNC(=O)c3ccccc3SC)cc2)cc1. The van der Waals surface area contributed by atoms with Crippen LogP contribution >= 0.6 is 11.8 Å². The summed E-state index contributed by atoms with van der Waals surface area (Å²) in [6.07, 6.45) is 1.86. The van der Waals surface area contributed by atoms with Crippen LogP contribution in [0.4, 0.5) is 5.69 Å². The number of carbonyl (C=O) groups excluding carboxylic acids is 2. The zero-order valence-electron chi connectivity index (χ0n) is 18.0. The standard InChI is InChI=1S/C23H23N3O5S2/c1-3-31-18-12-14-19(15-13-18)33(29,30)26-17-10-8-16(9-11-17)22(27)24-25-23(28)20-6-4-5-7-21(20)32-2/h4-15,26H,3H2,1-2H3,(H,24,27)(H,25,28). The van der Waals surface area contributed by atoms with Gasteiger partial charge in [0.15, 0.2) is 0 Å². The number of ether oxygens (including phenoxy) is 1. The van der Waals surface area contributed by atoms with E-state index in [1.165, 1.54) is 48.2 Å². The highest BCUT2D eigenvalue weighted by atomic mass is 32.2. The van der Waals surface area contributed by atoms with Crippen molar-refractivity contribution < 1.29 is 22.7 Å². The molecule has 3 aromatic carbocycles. The van der Waals surface area contributed by atoms with Crippen molar-refractivity contribution in [1.82, 2.24) is 10.9 Å². The summed E-state index contributed by atoms with van der Waals surface area (Å²) in [7, 11) is -3.80. The molecule has 0 aliphatic carbocycles. The van der Waals surface area contributed by atoms with E-state index in [4.69, 9.17) is 4.74 Å². The Hall–Kier alpha value is -3.50. The van der Waals surface area contributed by atoms with E-state index in [0.29, 0.717) is 23.6 Å². The largest absolute Gasteiger partial charge is 0.494 e. The van der Waals surface area contributed by atoms with Crippen LogP contribution < -0.4 is 20.3 Å². The topological polar surface area (TPSA) is 114 Å². The molecule has 172 valence electrons. The summed E-state index contributed by atoms with van der Waals surface area (Å²) in [5.74, 6) is -0.394. The van der Waals surface area contributed by atoms with Gasteiger partial charge in [-0.15, -0.1) is 11.8 Å². The lowest BCUT2D eigenvalue weighted by Crippen LogP contribution is -2.41. The Morgan fingerprint density at radius 3 is 2.15 bits per heavy atom.